The second kappa shape index (κ2) is 6.81. The molecule has 0 spiro atoms. The van der Waals surface area contributed by atoms with Gasteiger partial charge in [-0.05, 0) is 60.7 Å². The second-order valence-corrected chi connectivity index (χ2v) is 6.65. The van der Waals surface area contributed by atoms with Crippen LogP contribution in [0.1, 0.15) is 29.7 Å². The molecule has 1 atom stereocenters. The van der Waals surface area contributed by atoms with E-state index in [1.165, 1.54) is 16.7 Å². The van der Waals surface area contributed by atoms with Gasteiger partial charge in [-0.25, -0.2) is 0 Å². The second-order valence-electron chi connectivity index (χ2n) is 6.65. The van der Waals surface area contributed by atoms with E-state index in [0.29, 0.717) is 6.04 Å². The first-order chi connectivity index (χ1) is 12.2. The van der Waals surface area contributed by atoms with E-state index in [1.807, 2.05) is 0 Å². The van der Waals surface area contributed by atoms with Crippen LogP contribution in [0.5, 0.6) is 5.75 Å². The number of fused-ring (bicyclic) bond motifs is 2. The monoisotopic (exact) mass is 333 g/mol. The summed E-state index contributed by atoms with van der Waals surface area (Å²) in [6.45, 7) is 4.41. The molecule has 25 heavy (non-hydrogen) atoms. The molecular weight excluding hydrogens is 310 g/mol. The largest absolute Gasteiger partial charge is 0.497 e. The maximum Gasteiger partial charge on any atom is 0.119 e. The summed E-state index contributed by atoms with van der Waals surface area (Å²) in [6, 6.07) is 13.3. The molecule has 2 aromatic carbocycles. The summed E-state index contributed by atoms with van der Waals surface area (Å²) in [7, 11) is 1.73. The van der Waals surface area contributed by atoms with Gasteiger partial charge in [0.15, 0.2) is 0 Å². The molecule has 4 nitrogen and oxygen atoms in total. The molecule has 0 radical (unpaired) electrons. The number of rotatable bonds is 3. The molecule has 1 aromatic heterocycles. The van der Waals surface area contributed by atoms with Crippen molar-refractivity contribution < 1.29 is 4.74 Å². The van der Waals surface area contributed by atoms with Crippen LogP contribution in [-0.4, -0.2) is 35.1 Å². The summed E-state index contributed by atoms with van der Waals surface area (Å²) in [5, 5.41) is 0. The first-order valence-corrected chi connectivity index (χ1v) is 8.85. The van der Waals surface area contributed by atoms with Crippen LogP contribution in [0.15, 0.2) is 48.8 Å². The van der Waals surface area contributed by atoms with E-state index in [9.17, 15) is 0 Å². The normalized spacial score (nSPS) is 16.2. The number of benzene rings is 2. The van der Waals surface area contributed by atoms with Crippen LogP contribution in [-0.2, 0) is 12.8 Å². The molecule has 128 valence electrons. The molecule has 0 aliphatic carbocycles. The highest BCUT2D eigenvalue weighted by molar-refractivity contribution is 5.74. The minimum absolute atomic E-state index is 0.364. The molecule has 1 unspecified atom stereocenters. The molecule has 4 rings (SSSR count). The van der Waals surface area contributed by atoms with Crippen LogP contribution in [0, 0.1) is 0 Å². The molecule has 4 heteroatoms. The van der Waals surface area contributed by atoms with Gasteiger partial charge in [0.2, 0.25) is 0 Å². The zero-order chi connectivity index (χ0) is 17.2. The van der Waals surface area contributed by atoms with Crippen LogP contribution >= 0.6 is 0 Å². The summed E-state index contributed by atoms with van der Waals surface area (Å²) in [5.74, 6) is 0.952. The van der Waals surface area contributed by atoms with Crippen LogP contribution in [0.4, 0.5) is 0 Å². The zero-order valence-electron chi connectivity index (χ0n) is 14.8. The van der Waals surface area contributed by atoms with Crippen molar-refractivity contribution >= 4 is 11.0 Å². The summed E-state index contributed by atoms with van der Waals surface area (Å²) in [5.41, 5.74) is 6.08. The maximum absolute atomic E-state index is 5.38. The Bertz CT molecular complexity index is 893. The van der Waals surface area contributed by atoms with Crippen molar-refractivity contribution in [1.29, 1.82) is 0 Å². The Kier molecular flexibility index (Phi) is 4.36. The number of methoxy groups -OCH3 is 1. The van der Waals surface area contributed by atoms with E-state index in [1.54, 1.807) is 19.5 Å². The fourth-order valence-corrected chi connectivity index (χ4v) is 3.68. The molecule has 0 saturated carbocycles. The van der Waals surface area contributed by atoms with Gasteiger partial charge in [-0.3, -0.25) is 14.9 Å². The maximum atomic E-state index is 5.38. The highest BCUT2D eigenvalue weighted by Gasteiger charge is 2.20. The van der Waals surface area contributed by atoms with Gasteiger partial charge in [0.1, 0.15) is 5.75 Å². The fraction of sp³-hybridized carbons (Fsp3) is 0.333. The lowest BCUT2D eigenvalue weighted by Gasteiger charge is -2.28. The number of hydrogen-bond acceptors (Lipinski definition) is 4. The molecule has 1 aliphatic rings. The predicted molar refractivity (Wildman–Crippen MR) is 99.9 cm³/mol. The van der Waals surface area contributed by atoms with Crippen LogP contribution in [0.2, 0.25) is 0 Å². The first kappa shape index (κ1) is 16.0. The highest BCUT2D eigenvalue weighted by atomic mass is 16.5. The molecule has 3 aromatic rings. The van der Waals surface area contributed by atoms with Gasteiger partial charge in [-0.15, -0.1) is 0 Å². The van der Waals surface area contributed by atoms with Crippen molar-refractivity contribution in [1.82, 2.24) is 14.9 Å². The Morgan fingerprint density at radius 3 is 2.48 bits per heavy atom. The van der Waals surface area contributed by atoms with Crippen molar-refractivity contribution in [3.05, 3.63) is 65.5 Å². The Balaban J connectivity index is 1.55. The van der Waals surface area contributed by atoms with Gasteiger partial charge in [-0.1, -0.05) is 12.1 Å². The molecule has 1 aliphatic heterocycles. The zero-order valence-corrected chi connectivity index (χ0v) is 14.8. The van der Waals surface area contributed by atoms with Crippen molar-refractivity contribution in [2.24, 2.45) is 0 Å². The molecule has 2 heterocycles. The fourth-order valence-electron chi connectivity index (χ4n) is 3.68. The van der Waals surface area contributed by atoms with Crippen molar-refractivity contribution in [2.45, 2.75) is 25.8 Å². The third-order valence-corrected chi connectivity index (χ3v) is 5.27. The smallest absolute Gasteiger partial charge is 0.119 e. The summed E-state index contributed by atoms with van der Waals surface area (Å²) < 4.78 is 5.38. The topological polar surface area (TPSA) is 38.2 Å². The lowest BCUT2D eigenvalue weighted by molar-refractivity contribution is 0.221. The Labute approximate surface area is 148 Å². The molecule has 0 fully saturated rings. The van der Waals surface area contributed by atoms with Crippen LogP contribution in [0.3, 0.4) is 0 Å². The molecule has 0 saturated heterocycles. The first-order valence-electron chi connectivity index (χ1n) is 8.85. The number of hydrogen-bond donors (Lipinski definition) is 0. The van der Waals surface area contributed by atoms with E-state index < -0.39 is 0 Å². The average Bonchev–Trinajstić information content (AvgIpc) is 2.89. The van der Waals surface area contributed by atoms with Gasteiger partial charge in [0.25, 0.3) is 0 Å². The Morgan fingerprint density at radius 1 is 0.920 bits per heavy atom. The van der Waals surface area contributed by atoms with Crippen LogP contribution in [0.25, 0.3) is 11.0 Å². The van der Waals surface area contributed by atoms with Crippen LogP contribution < -0.4 is 4.74 Å². The van der Waals surface area contributed by atoms with Crippen molar-refractivity contribution in [3.63, 3.8) is 0 Å². The van der Waals surface area contributed by atoms with Gasteiger partial charge < -0.3 is 4.74 Å². The SMILES string of the molecule is COc1ccc2c(c1)CCN(C(C)c1ccc3nccnc3c1)CC2. The quantitative estimate of drug-likeness (QED) is 0.731. The molecule has 0 N–H and O–H groups in total. The van der Waals surface area contributed by atoms with Gasteiger partial charge in [0.05, 0.1) is 18.1 Å². The lowest BCUT2D eigenvalue weighted by Crippen LogP contribution is -2.29. The summed E-state index contributed by atoms with van der Waals surface area (Å²) in [4.78, 5) is 11.4. The number of ether oxygens (including phenoxy) is 1. The van der Waals surface area contributed by atoms with E-state index in [-0.39, 0.29) is 0 Å². The third-order valence-electron chi connectivity index (χ3n) is 5.27. The van der Waals surface area contributed by atoms with Crippen molar-refractivity contribution in [3.8, 4) is 5.75 Å². The lowest BCUT2D eigenvalue weighted by atomic mass is 10.0. The standard InChI is InChI=1S/C21H23N3O/c1-15(17-4-6-20-21(14-17)23-10-9-22-20)24-11-7-16-3-5-19(25-2)13-18(16)8-12-24/h3-6,9-10,13-15H,7-8,11-12H2,1-2H3. The minimum Gasteiger partial charge on any atom is -0.497 e. The average molecular weight is 333 g/mol. The molecule has 0 amide bonds. The Hall–Kier alpha value is -2.46. The Morgan fingerprint density at radius 2 is 1.68 bits per heavy atom. The predicted octanol–water partition coefficient (Wildman–Crippen LogP) is 3.80. The van der Waals surface area contributed by atoms with E-state index in [4.69, 9.17) is 4.74 Å². The number of aromatic nitrogens is 2. The van der Waals surface area contributed by atoms with E-state index in [0.717, 1.165) is 42.7 Å². The third kappa shape index (κ3) is 3.22. The molecule has 0 bridgehead atoms. The minimum atomic E-state index is 0.364. The van der Waals surface area contributed by atoms with Gasteiger partial charge >= 0.3 is 0 Å². The molecular formula is C21H23N3O. The van der Waals surface area contributed by atoms with E-state index >= 15 is 0 Å². The van der Waals surface area contributed by atoms with Crippen molar-refractivity contribution in [2.75, 3.05) is 20.2 Å². The highest BCUT2D eigenvalue weighted by Crippen LogP contribution is 2.27. The number of nitrogens with zero attached hydrogens (tertiary/aromatic N) is 3. The summed E-state index contributed by atoms with van der Waals surface area (Å²) in [6.07, 6.45) is 5.64. The van der Waals surface area contributed by atoms with E-state index in [2.05, 4.69) is 58.2 Å². The summed E-state index contributed by atoms with van der Waals surface area (Å²) >= 11 is 0. The van der Waals surface area contributed by atoms with Gasteiger partial charge in [0, 0.05) is 31.5 Å². The van der Waals surface area contributed by atoms with Gasteiger partial charge in [-0.2, -0.15) is 0 Å².